The predicted molar refractivity (Wildman–Crippen MR) is 57.4 cm³/mol. The summed E-state index contributed by atoms with van der Waals surface area (Å²) < 4.78 is 4.68. The largest absolute Gasteiger partial charge is 0.467 e. The Balaban J connectivity index is 2.25. The number of aromatic nitrogens is 1. The van der Waals surface area contributed by atoms with E-state index in [1.807, 2.05) is 0 Å². The Bertz CT molecular complexity index is 419. The molecule has 0 N–H and O–H groups in total. The Hall–Kier alpha value is -1.91. The van der Waals surface area contributed by atoms with Gasteiger partial charge in [0, 0.05) is 12.7 Å². The minimum absolute atomic E-state index is 0.284. The molecule has 1 unspecified atom stereocenters. The van der Waals surface area contributed by atoms with Crippen LogP contribution >= 0.6 is 0 Å². The fourth-order valence-corrected chi connectivity index (χ4v) is 1.76. The van der Waals surface area contributed by atoms with Gasteiger partial charge in [-0.2, -0.15) is 0 Å². The molecule has 16 heavy (non-hydrogen) atoms. The van der Waals surface area contributed by atoms with Crippen molar-refractivity contribution in [3.05, 3.63) is 23.9 Å². The number of carbonyl (C=O) groups excluding carboxylic acids is 2. The van der Waals surface area contributed by atoms with Gasteiger partial charge in [0.25, 0.3) is 0 Å². The van der Waals surface area contributed by atoms with Crippen LogP contribution in [0.4, 0.5) is 5.82 Å². The number of esters is 1. The summed E-state index contributed by atoms with van der Waals surface area (Å²) in [6, 6.07) is 3.07. The van der Waals surface area contributed by atoms with Gasteiger partial charge in [-0.15, -0.1) is 0 Å². The number of carbonyl (C=O) groups is 2. The molecule has 0 spiro atoms. The van der Waals surface area contributed by atoms with E-state index in [0.717, 1.165) is 19.3 Å². The highest BCUT2D eigenvalue weighted by Gasteiger charge is 2.36. The van der Waals surface area contributed by atoms with Crippen LogP contribution in [0.1, 0.15) is 16.8 Å². The summed E-state index contributed by atoms with van der Waals surface area (Å²) in [7, 11) is 1.36. The first-order valence-corrected chi connectivity index (χ1v) is 5.02. The molecule has 0 saturated carbocycles. The van der Waals surface area contributed by atoms with Gasteiger partial charge in [-0.1, -0.05) is 0 Å². The third-order valence-corrected chi connectivity index (χ3v) is 2.71. The summed E-state index contributed by atoms with van der Waals surface area (Å²) in [6.07, 6.45) is 3.09. The van der Waals surface area contributed by atoms with Gasteiger partial charge in [0.1, 0.15) is 11.9 Å². The summed E-state index contributed by atoms with van der Waals surface area (Å²) in [5.74, 6) is 0.271. The lowest BCUT2D eigenvalue weighted by atomic mass is 10.0. The summed E-state index contributed by atoms with van der Waals surface area (Å²) in [4.78, 5) is 28.1. The average molecular weight is 220 g/mol. The van der Waals surface area contributed by atoms with Crippen LogP contribution in [0.3, 0.4) is 0 Å². The third kappa shape index (κ3) is 1.64. The highest BCUT2D eigenvalue weighted by atomic mass is 16.5. The number of aldehydes is 1. The molecule has 1 fully saturated rings. The first-order valence-electron chi connectivity index (χ1n) is 5.02. The molecule has 0 radical (unpaired) electrons. The highest BCUT2D eigenvalue weighted by Crippen LogP contribution is 2.27. The van der Waals surface area contributed by atoms with Crippen molar-refractivity contribution in [2.45, 2.75) is 12.5 Å². The Morgan fingerprint density at radius 3 is 3.06 bits per heavy atom. The summed E-state index contributed by atoms with van der Waals surface area (Å²) >= 11 is 0. The molecule has 2 heterocycles. The molecule has 2 rings (SSSR count). The van der Waals surface area contributed by atoms with Gasteiger partial charge in [0.15, 0.2) is 6.29 Å². The van der Waals surface area contributed by atoms with Crippen LogP contribution in [0.25, 0.3) is 0 Å². The lowest BCUT2D eigenvalue weighted by Crippen LogP contribution is -2.53. The number of pyridine rings is 1. The molecular weight excluding hydrogens is 208 g/mol. The van der Waals surface area contributed by atoms with E-state index in [1.54, 1.807) is 23.2 Å². The van der Waals surface area contributed by atoms with Crippen molar-refractivity contribution < 1.29 is 14.3 Å². The summed E-state index contributed by atoms with van der Waals surface area (Å²) in [5.41, 5.74) is 0.496. The maximum absolute atomic E-state index is 11.4. The SMILES string of the molecule is COC(=O)C1CCN1c1ncccc1C=O. The number of hydrogen-bond acceptors (Lipinski definition) is 5. The summed E-state index contributed by atoms with van der Waals surface area (Å²) in [6.45, 7) is 0.720. The second kappa shape index (κ2) is 4.30. The molecule has 0 amide bonds. The number of rotatable bonds is 3. The fourth-order valence-electron chi connectivity index (χ4n) is 1.76. The first kappa shape index (κ1) is 10.6. The van der Waals surface area contributed by atoms with Crippen LogP contribution in [-0.4, -0.2) is 36.9 Å². The monoisotopic (exact) mass is 220 g/mol. The molecule has 84 valence electrons. The van der Waals surface area contributed by atoms with Crippen molar-refractivity contribution in [2.24, 2.45) is 0 Å². The maximum Gasteiger partial charge on any atom is 0.328 e. The smallest absolute Gasteiger partial charge is 0.328 e. The second-order valence-electron chi connectivity index (χ2n) is 3.56. The van der Waals surface area contributed by atoms with Gasteiger partial charge in [0.05, 0.1) is 12.7 Å². The van der Waals surface area contributed by atoms with E-state index < -0.39 is 0 Å². The van der Waals surface area contributed by atoms with E-state index in [2.05, 4.69) is 9.72 Å². The number of nitrogens with zero attached hydrogens (tertiary/aromatic N) is 2. The quantitative estimate of drug-likeness (QED) is 0.552. The normalized spacial score (nSPS) is 18.8. The molecule has 1 aromatic rings. The van der Waals surface area contributed by atoms with E-state index in [0.29, 0.717) is 11.4 Å². The van der Waals surface area contributed by atoms with Gasteiger partial charge in [0.2, 0.25) is 0 Å². The lowest BCUT2D eigenvalue weighted by Gasteiger charge is -2.40. The van der Waals surface area contributed by atoms with Crippen molar-refractivity contribution in [1.29, 1.82) is 0 Å². The van der Waals surface area contributed by atoms with Gasteiger partial charge in [-0.3, -0.25) is 4.79 Å². The van der Waals surface area contributed by atoms with Gasteiger partial charge < -0.3 is 9.64 Å². The van der Waals surface area contributed by atoms with Crippen LogP contribution < -0.4 is 4.90 Å². The van der Waals surface area contributed by atoms with Crippen LogP contribution in [0.15, 0.2) is 18.3 Å². The predicted octanol–water partition coefficient (Wildman–Crippen LogP) is 0.646. The molecule has 1 saturated heterocycles. The number of ether oxygens (including phenoxy) is 1. The van der Waals surface area contributed by atoms with Crippen molar-refractivity contribution >= 4 is 18.1 Å². The van der Waals surface area contributed by atoms with Crippen molar-refractivity contribution in [3.8, 4) is 0 Å². The molecular formula is C11H12N2O3. The maximum atomic E-state index is 11.4. The van der Waals surface area contributed by atoms with Gasteiger partial charge in [-0.25, -0.2) is 9.78 Å². The van der Waals surface area contributed by atoms with Crippen LogP contribution in [0.2, 0.25) is 0 Å². The lowest BCUT2D eigenvalue weighted by molar-refractivity contribution is -0.143. The van der Waals surface area contributed by atoms with Crippen molar-refractivity contribution in [1.82, 2.24) is 4.98 Å². The van der Waals surface area contributed by atoms with E-state index >= 15 is 0 Å². The van der Waals surface area contributed by atoms with Crippen molar-refractivity contribution in [3.63, 3.8) is 0 Å². The Labute approximate surface area is 93.0 Å². The van der Waals surface area contributed by atoms with Crippen LogP contribution in [-0.2, 0) is 9.53 Å². The van der Waals surface area contributed by atoms with Crippen molar-refractivity contribution in [2.75, 3.05) is 18.6 Å². The van der Waals surface area contributed by atoms with Gasteiger partial charge in [-0.05, 0) is 18.6 Å². The summed E-state index contributed by atoms with van der Waals surface area (Å²) in [5, 5.41) is 0. The molecule has 5 heteroatoms. The Morgan fingerprint density at radius 2 is 2.50 bits per heavy atom. The van der Waals surface area contributed by atoms with E-state index in [-0.39, 0.29) is 12.0 Å². The molecule has 1 atom stereocenters. The van der Waals surface area contributed by atoms with E-state index in [9.17, 15) is 9.59 Å². The highest BCUT2D eigenvalue weighted by molar-refractivity contribution is 5.87. The molecule has 0 aliphatic carbocycles. The average Bonchev–Trinajstić information content (AvgIpc) is 2.28. The minimum Gasteiger partial charge on any atom is -0.467 e. The third-order valence-electron chi connectivity index (χ3n) is 2.71. The molecule has 0 aromatic carbocycles. The molecule has 1 aliphatic heterocycles. The number of hydrogen-bond donors (Lipinski definition) is 0. The van der Waals surface area contributed by atoms with E-state index in [4.69, 9.17) is 0 Å². The number of anilines is 1. The fraction of sp³-hybridized carbons (Fsp3) is 0.364. The second-order valence-corrected chi connectivity index (χ2v) is 3.56. The topological polar surface area (TPSA) is 59.5 Å². The molecule has 5 nitrogen and oxygen atoms in total. The minimum atomic E-state index is -0.307. The first-order chi connectivity index (χ1) is 7.77. The van der Waals surface area contributed by atoms with Gasteiger partial charge >= 0.3 is 5.97 Å². The zero-order valence-corrected chi connectivity index (χ0v) is 8.92. The number of methoxy groups -OCH3 is 1. The Morgan fingerprint density at radius 1 is 1.69 bits per heavy atom. The standard InChI is InChI=1S/C11H12N2O3/c1-16-11(15)9-4-6-13(9)10-8(7-14)3-2-5-12-10/h2-3,5,7,9H,4,6H2,1H3. The zero-order valence-electron chi connectivity index (χ0n) is 8.92. The molecule has 1 aliphatic rings. The molecule has 0 bridgehead atoms. The van der Waals surface area contributed by atoms with Crippen LogP contribution in [0, 0.1) is 0 Å². The van der Waals surface area contributed by atoms with E-state index in [1.165, 1.54) is 7.11 Å². The molecule has 1 aromatic heterocycles. The van der Waals surface area contributed by atoms with Crippen LogP contribution in [0.5, 0.6) is 0 Å². The Kier molecular flexibility index (Phi) is 2.85. The zero-order chi connectivity index (χ0) is 11.5.